The number of nitrogen functional groups attached to an aromatic ring is 1. The molecule has 1 fully saturated rings. The fourth-order valence-electron chi connectivity index (χ4n) is 2.33. The normalized spacial score (nSPS) is 18.4. The minimum atomic E-state index is -0.0194. The van der Waals surface area contributed by atoms with Crippen LogP contribution in [-0.2, 0) is 17.6 Å². The molecule has 0 spiro atoms. The van der Waals surface area contributed by atoms with Crippen molar-refractivity contribution in [1.29, 1.82) is 0 Å². The fraction of sp³-hybridized carbons (Fsp3) is 0.750. The Balaban J connectivity index is 2.14. The molecular weight excluding hydrogens is 204 g/mol. The SMILES string of the molecule is CCCc1c(N)noc1CC1(OC)CCC1. The van der Waals surface area contributed by atoms with Crippen LogP contribution in [0.3, 0.4) is 0 Å². The number of methoxy groups -OCH3 is 1. The van der Waals surface area contributed by atoms with Crippen molar-refractivity contribution in [2.75, 3.05) is 12.8 Å². The van der Waals surface area contributed by atoms with Crippen LogP contribution in [0.2, 0.25) is 0 Å². The van der Waals surface area contributed by atoms with Gasteiger partial charge in [0.15, 0.2) is 5.82 Å². The lowest BCUT2D eigenvalue weighted by Gasteiger charge is -2.39. The Morgan fingerprint density at radius 3 is 2.75 bits per heavy atom. The van der Waals surface area contributed by atoms with E-state index in [4.69, 9.17) is 15.0 Å². The molecule has 0 radical (unpaired) electrons. The number of rotatable bonds is 5. The molecular formula is C12H20N2O2. The molecule has 1 heterocycles. The van der Waals surface area contributed by atoms with Gasteiger partial charge in [-0.2, -0.15) is 0 Å². The second kappa shape index (κ2) is 4.45. The predicted octanol–water partition coefficient (Wildman–Crippen LogP) is 2.32. The molecule has 0 aromatic carbocycles. The fourth-order valence-corrected chi connectivity index (χ4v) is 2.33. The van der Waals surface area contributed by atoms with Crippen LogP contribution in [-0.4, -0.2) is 17.9 Å². The molecule has 1 aromatic rings. The number of ether oxygens (including phenoxy) is 1. The summed E-state index contributed by atoms with van der Waals surface area (Å²) in [5.41, 5.74) is 6.86. The molecule has 1 aromatic heterocycles. The Morgan fingerprint density at radius 1 is 1.50 bits per heavy atom. The van der Waals surface area contributed by atoms with Crippen LogP contribution in [0.5, 0.6) is 0 Å². The molecule has 0 bridgehead atoms. The summed E-state index contributed by atoms with van der Waals surface area (Å²) in [5, 5.41) is 3.86. The lowest BCUT2D eigenvalue weighted by atomic mass is 9.76. The Hall–Kier alpha value is -1.03. The van der Waals surface area contributed by atoms with Crippen molar-refractivity contribution in [1.82, 2.24) is 5.16 Å². The highest BCUT2D eigenvalue weighted by molar-refractivity contribution is 5.41. The van der Waals surface area contributed by atoms with Crippen molar-refractivity contribution >= 4 is 5.82 Å². The van der Waals surface area contributed by atoms with Gasteiger partial charge >= 0.3 is 0 Å². The highest BCUT2D eigenvalue weighted by atomic mass is 16.5. The highest BCUT2D eigenvalue weighted by Crippen LogP contribution is 2.39. The van der Waals surface area contributed by atoms with Crippen molar-refractivity contribution in [2.24, 2.45) is 0 Å². The predicted molar refractivity (Wildman–Crippen MR) is 62.2 cm³/mol. The number of aromatic nitrogens is 1. The van der Waals surface area contributed by atoms with Crippen LogP contribution < -0.4 is 5.73 Å². The first-order chi connectivity index (χ1) is 7.71. The summed E-state index contributed by atoms with van der Waals surface area (Å²) < 4.78 is 10.9. The Labute approximate surface area is 96.1 Å². The second-order valence-corrected chi connectivity index (χ2v) is 4.64. The summed E-state index contributed by atoms with van der Waals surface area (Å²) in [7, 11) is 1.78. The van der Waals surface area contributed by atoms with E-state index < -0.39 is 0 Å². The first-order valence-corrected chi connectivity index (χ1v) is 5.99. The maximum atomic E-state index is 5.80. The van der Waals surface area contributed by atoms with E-state index >= 15 is 0 Å². The maximum Gasteiger partial charge on any atom is 0.170 e. The lowest BCUT2D eigenvalue weighted by Crippen LogP contribution is -2.41. The maximum absolute atomic E-state index is 5.80. The van der Waals surface area contributed by atoms with Gasteiger partial charge in [-0.1, -0.05) is 18.5 Å². The van der Waals surface area contributed by atoms with Gasteiger partial charge in [0.05, 0.1) is 5.60 Å². The molecule has 1 aliphatic carbocycles. The average molecular weight is 224 g/mol. The molecule has 1 aliphatic rings. The van der Waals surface area contributed by atoms with Crippen molar-refractivity contribution in [3.8, 4) is 0 Å². The lowest BCUT2D eigenvalue weighted by molar-refractivity contribution is -0.0745. The van der Waals surface area contributed by atoms with E-state index in [1.165, 1.54) is 6.42 Å². The minimum absolute atomic E-state index is 0.0194. The summed E-state index contributed by atoms with van der Waals surface area (Å²) >= 11 is 0. The molecule has 1 saturated carbocycles. The van der Waals surface area contributed by atoms with Crippen molar-refractivity contribution in [3.05, 3.63) is 11.3 Å². The third-order valence-electron chi connectivity index (χ3n) is 3.58. The third kappa shape index (κ3) is 1.94. The van der Waals surface area contributed by atoms with Gasteiger partial charge < -0.3 is 15.0 Å². The number of nitrogens with two attached hydrogens (primary N) is 1. The third-order valence-corrected chi connectivity index (χ3v) is 3.58. The van der Waals surface area contributed by atoms with Crippen LogP contribution in [0.25, 0.3) is 0 Å². The summed E-state index contributed by atoms with van der Waals surface area (Å²) in [6, 6.07) is 0. The van der Waals surface area contributed by atoms with Gasteiger partial charge in [-0.15, -0.1) is 0 Å². The van der Waals surface area contributed by atoms with Crippen LogP contribution in [0.15, 0.2) is 4.52 Å². The molecule has 0 amide bonds. The Kier molecular flexibility index (Phi) is 3.19. The van der Waals surface area contributed by atoms with Gasteiger partial charge in [0.25, 0.3) is 0 Å². The topological polar surface area (TPSA) is 61.3 Å². The van der Waals surface area contributed by atoms with E-state index in [1.807, 2.05) is 0 Å². The van der Waals surface area contributed by atoms with Crippen molar-refractivity contribution < 1.29 is 9.26 Å². The number of hydrogen-bond donors (Lipinski definition) is 1. The smallest absolute Gasteiger partial charge is 0.170 e. The van der Waals surface area contributed by atoms with Crippen molar-refractivity contribution in [3.63, 3.8) is 0 Å². The Morgan fingerprint density at radius 2 is 2.25 bits per heavy atom. The molecule has 2 N–H and O–H groups in total. The van der Waals surface area contributed by atoms with Crippen LogP contribution in [0.1, 0.15) is 43.9 Å². The van der Waals surface area contributed by atoms with Crippen LogP contribution >= 0.6 is 0 Å². The molecule has 90 valence electrons. The standard InChI is InChI=1S/C12H20N2O2/c1-3-5-9-10(16-14-11(9)13)8-12(15-2)6-4-7-12/h3-8H2,1-2H3,(H2,13,14). The van der Waals surface area contributed by atoms with Gasteiger partial charge in [0.2, 0.25) is 0 Å². The van der Waals surface area contributed by atoms with E-state index in [-0.39, 0.29) is 5.60 Å². The number of anilines is 1. The number of hydrogen-bond acceptors (Lipinski definition) is 4. The molecule has 4 nitrogen and oxygen atoms in total. The highest BCUT2D eigenvalue weighted by Gasteiger charge is 2.39. The molecule has 0 atom stereocenters. The second-order valence-electron chi connectivity index (χ2n) is 4.64. The van der Waals surface area contributed by atoms with Gasteiger partial charge in [0.1, 0.15) is 5.76 Å². The molecule has 4 heteroatoms. The first kappa shape index (κ1) is 11.5. The minimum Gasteiger partial charge on any atom is -0.381 e. The van der Waals surface area contributed by atoms with Gasteiger partial charge in [-0.25, -0.2) is 0 Å². The first-order valence-electron chi connectivity index (χ1n) is 5.99. The van der Waals surface area contributed by atoms with Gasteiger partial charge in [0, 0.05) is 19.1 Å². The van der Waals surface area contributed by atoms with E-state index in [2.05, 4.69) is 12.1 Å². The summed E-state index contributed by atoms with van der Waals surface area (Å²) in [5.74, 6) is 1.46. The largest absolute Gasteiger partial charge is 0.381 e. The molecule has 16 heavy (non-hydrogen) atoms. The van der Waals surface area contributed by atoms with Gasteiger partial charge in [-0.3, -0.25) is 0 Å². The quantitative estimate of drug-likeness (QED) is 0.833. The zero-order chi connectivity index (χ0) is 11.6. The van der Waals surface area contributed by atoms with Crippen LogP contribution in [0, 0.1) is 0 Å². The summed E-state index contributed by atoms with van der Waals surface area (Å²) in [6.45, 7) is 2.13. The van der Waals surface area contributed by atoms with Gasteiger partial charge in [-0.05, 0) is 25.7 Å². The van der Waals surface area contributed by atoms with E-state index in [1.54, 1.807) is 7.11 Å². The van der Waals surface area contributed by atoms with E-state index in [0.717, 1.165) is 43.4 Å². The number of nitrogens with zero attached hydrogens (tertiary/aromatic N) is 1. The molecule has 0 unspecified atom stereocenters. The monoisotopic (exact) mass is 224 g/mol. The van der Waals surface area contributed by atoms with E-state index in [0.29, 0.717) is 5.82 Å². The summed E-state index contributed by atoms with van der Waals surface area (Å²) in [6.07, 6.45) is 6.25. The van der Waals surface area contributed by atoms with Crippen molar-refractivity contribution in [2.45, 2.75) is 51.0 Å². The van der Waals surface area contributed by atoms with Crippen LogP contribution in [0.4, 0.5) is 5.82 Å². The average Bonchev–Trinajstić information content (AvgIpc) is 2.56. The van der Waals surface area contributed by atoms with E-state index in [9.17, 15) is 0 Å². The Bertz CT molecular complexity index is 350. The zero-order valence-corrected chi connectivity index (χ0v) is 10.1. The summed E-state index contributed by atoms with van der Waals surface area (Å²) in [4.78, 5) is 0. The molecule has 2 rings (SSSR count). The molecule has 0 aliphatic heterocycles. The molecule has 0 saturated heterocycles. The zero-order valence-electron chi connectivity index (χ0n) is 10.1.